The molecular weight excluding hydrogens is 288 g/mol. The van der Waals surface area contributed by atoms with Crippen LogP contribution in [-0.4, -0.2) is 21.5 Å². The molecule has 0 unspecified atom stereocenters. The third-order valence-corrected chi connectivity index (χ3v) is 3.23. The van der Waals surface area contributed by atoms with E-state index in [1.54, 1.807) is 18.2 Å². The number of aromatic hydroxyl groups is 1. The van der Waals surface area contributed by atoms with Gasteiger partial charge in [-0.25, -0.2) is 0 Å². The number of hydrazone groups is 1. The molecule has 0 saturated carbocycles. The van der Waals surface area contributed by atoms with Gasteiger partial charge in [-0.05, 0) is 12.1 Å². The zero-order chi connectivity index (χ0) is 14.7. The second-order valence-electron chi connectivity index (χ2n) is 4.31. The normalized spacial score (nSPS) is 11.1. The molecule has 0 aliphatic rings. The number of aromatic nitrogens is 2. The lowest BCUT2D eigenvalue weighted by atomic mass is 10.2. The number of hydrogen-bond acceptors (Lipinski definition) is 5. The smallest absolute Gasteiger partial charge is 0.176 e. The third-order valence-electron chi connectivity index (χ3n) is 2.95. The van der Waals surface area contributed by atoms with Crippen LogP contribution in [0.2, 0.25) is 5.15 Å². The lowest BCUT2D eigenvalue weighted by Gasteiger charge is -2.04. The van der Waals surface area contributed by atoms with E-state index in [2.05, 4.69) is 20.7 Å². The van der Waals surface area contributed by atoms with E-state index in [0.717, 1.165) is 10.8 Å². The van der Waals surface area contributed by atoms with Gasteiger partial charge in [-0.3, -0.25) is 5.43 Å². The number of fused-ring (bicyclic) bond motifs is 1. The largest absolute Gasteiger partial charge is 0.507 e. The molecule has 5 nitrogen and oxygen atoms in total. The zero-order valence-corrected chi connectivity index (χ0v) is 11.6. The first-order chi connectivity index (χ1) is 10.3. The van der Waals surface area contributed by atoms with Gasteiger partial charge < -0.3 is 5.11 Å². The van der Waals surface area contributed by atoms with Crippen LogP contribution in [0.15, 0.2) is 53.6 Å². The molecule has 2 N–H and O–H groups in total. The van der Waals surface area contributed by atoms with Gasteiger partial charge in [0.2, 0.25) is 0 Å². The van der Waals surface area contributed by atoms with Crippen LogP contribution in [-0.2, 0) is 0 Å². The maximum atomic E-state index is 9.65. The van der Waals surface area contributed by atoms with Crippen LogP contribution >= 0.6 is 11.6 Å². The van der Waals surface area contributed by atoms with Gasteiger partial charge in [-0.15, -0.1) is 10.2 Å². The first-order valence-corrected chi connectivity index (χ1v) is 6.61. The molecule has 6 heteroatoms. The molecule has 0 saturated heterocycles. The summed E-state index contributed by atoms with van der Waals surface area (Å²) in [6.07, 6.45) is 1.51. The number of benzene rings is 2. The molecule has 0 aliphatic heterocycles. The van der Waals surface area contributed by atoms with Gasteiger partial charge in [0.05, 0.1) is 6.21 Å². The molecule has 21 heavy (non-hydrogen) atoms. The van der Waals surface area contributed by atoms with Crippen molar-refractivity contribution in [1.29, 1.82) is 0 Å². The van der Waals surface area contributed by atoms with Crippen molar-refractivity contribution in [2.24, 2.45) is 5.10 Å². The van der Waals surface area contributed by atoms with Crippen molar-refractivity contribution in [2.75, 3.05) is 5.43 Å². The summed E-state index contributed by atoms with van der Waals surface area (Å²) in [7, 11) is 0. The zero-order valence-electron chi connectivity index (χ0n) is 10.9. The molecular formula is C15H11ClN4O. The molecule has 1 aromatic heterocycles. The van der Waals surface area contributed by atoms with Gasteiger partial charge in [-0.1, -0.05) is 48.0 Å². The molecule has 0 atom stereocenters. The van der Waals surface area contributed by atoms with Gasteiger partial charge >= 0.3 is 0 Å². The van der Waals surface area contributed by atoms with Crippen LogP contribution in [0.4, 0.5) is 5.82 Å². The summed E-state index contributed by atoms with van der Waals surface area (Å²) in [5.41, 5.74) is 3.42. The molecule has 0 aliphatic carbocycles. The van der Waals surface area contributed by atoms with E-state index >= 15 is 0 Å². The summed E-state index contributed by atoms with van der Waals surface area (Å²) in [4.78, 5) is 0. The fourth-order valence-electron chi connectivity index (χ4n) is 1.91. The number of nitrogens with zero attached hydrogens (tertiary/aromatic N) is 3. The van der Waals surface area contributed by atoms with Crippen LogP contribution in [0.25, 0.3) is 10.8 Å². The number of hydrogen-bond donors (Lipinski definition) is 2. The molecule has 0 fully saturated rings. The van der Waals surface area contributed by atoms with Crippen LogP contribution in [0.3, 0.4) is 0 Å². The van der Waals surface area contributed by atoms with Crippen molar-refractivity contribution in [1.82, 2.24) is 10.2 Å². The number of anilines is 1. The Morgan fingerprint density at radius 2 is 1.71 bits per heavy atom. The average Bonchev–Trinajstić information content (AvgIpc) is 2.52. The minimum Gasteiger partial charge on any atom is -0.507 e. The van der Waals surface area contributed by atoms with Gasteiger partial charge in [0.1, 0.15) is 5.75 Å². The Morgan fingerprint density at radius 1 is 1.00 bits per heavy atom. The summed E-state index contributed by atoms with van der Waals surface area (Å²) in [5.74, 6) is 0.664. The third kappa shape index (κ3) is 2.78. The topological polar surface area (TPSA) is 70.4 Å². The first kappa shape index (κ1) is 13.3. The van der Waals surface area contributed by atoms with Crippen molar-refractivity contribution in [3.05, 3.63) is 59.2 Å². The quantitative estimate of drug-likeness (QED) is 0.574. The highest BCUT2D eigenvalue weighted by Gasteiger charge is 2.06. The Hall–Kier alpha value is -2.66. The highest BCUT2D eigenvalue weighted by molar-refractivity contribution is 6.34. The van der Waals surface area contributed by atoms with Crippen molar-refractivity contribution >= 4 is 34.4 Å². The molecule has 0 spiro atoms. The van der Waals surface area contributed by atoms with E-state index < -0.39 is 0 Å². The Labute approximate surface area is 125 Å². The van der Waals surface area contributed by atoms with E-state index in [1.807, 2.05) is 30.3 Å². The van der Waals surface area contributed by atoms with E-state index in [-0.39, 0.29) is 5.75 Å². The second kappa shape index (κ2) is 5.76. The number of nitrogens with one attached hydrogen (secondary N) is 1. The summed E-state index contributed by atoms with van der Waals surface area (Å²) in [6, 6.07) is 14.4. The molecule has 1 heterocycles. The summed E-state index contributed by atoms with van der Waals surface area (Å²) >= 11 is 6.01. The van der Waals surface area contributed by atoms with Crippen molar-refractivity contribution in [2.45, 2.75) is 0 Å². The molecule has 3 rings (SSSR count). The van der Waals surface area contributed by atoms with Gasteiger partial charge in [0.15, 0.2) is 11.0 Å². The Bertz CT molecular complexity index is 820. The van der Waals surface area contributed by atoms with Crippen LogP contribution < -0.4 is 5.43 Å². The monoisotopic (exact) mass is 298 g/mol. The average molecular weight is 299 g/mol. The number of halogens is 1. The summed E-state index contributed by atoms with van der Waals surface area (Å²) in [5, 5.41) is 23.6. The molecule has 0 amide bonds. The highest BCUT2D eigenvalue weighted by Crippen LogP contribution is 2.25. The molecule has 104 valence electrons. The van der Waals surface area contributed by atoms with Gasteiger partial charge in [0.25, 0.3) is 0 Å². The fraction of sp³-hybridized carbons (Fsp3) is 0. The number of rotatable bonds is 3. The lowest BCUT2D eigenvalue weighted by molar-refractivity contribution is 0.474. The minimum absolute atomic E-state index is 0.162. The standard InChI is InChI=1S/C15H11ClN4O/c16-14-11-6-2-3-7-12(11)15(20-18-14)19-17-9-10-5-1-4-8-13(10)21/h1-9,21H,(H,19,20). The Morgan fingerprint density at radius 3 is 2.52 bits per heavy atom. The van der Waals surface area contributed by atoms with E-state index in [9.17, 15) is 5.11 Å². The van der Waals surface area contributed by atoms with Crippen molar-refractivity contribution in [3.8, 4) is 5.75 Å². The molecule has 3 aromatic rings. The van der Waals surface area contributed by atoms with E-state index in [4.69, 9.17) is 11.6 Å². The number of phenolic OH excluding ortho intramolecular Hbond substituents is 1. The fourth-order valence-corrected chi connectivity index (χ4v) is 2.12. The maximum Gasteiger partial charge on any atom is 0.176 e. The van der Waals surface area contributed by atoms with Gasteiger partial charge in [-0.2, -0.15) is 5.10 Å². The molecule has 2 aromatic carbocycles. The van der Waals surface area contributed by atoms with Gasteiger partial charge in [0, 0.05) is 16.3 Å². The number of phenols is 1. The van der Waals surface area contributed by atoms with Crippen LogP contribution in [0.5, 0.6) is 5.75 Å². The summed E-state index contributed by atoms with van der Waals surface area (Å²) < 4.78 is 0. The first-order valence-electron chi connectivity index (χ1n) is 6.23. The SMILES string of the molecule is Oc1ccccc1C=NNc1nnc(Cl)c2ccccc12. The number of para-hydroxylation sites is 1. The van der Waals surface area contributed by atoms with Crippen LogP contribution in [0, 0.1) is 0 Å². The Kier molecular flexibility index (Phi) is 3.66. The lowest BCUT2D eigenvalue weighted by Crippen LogP contribution is -1.97. The predicted molar refractivity (Wildman–Crippen MR) is 83.9 cm³/mol. The molecule has 0 bridgehead atoms. The predicted octanol–water partition coefficient (Wildman–Crippen LogP) is 3.43. The van der Waals surface area contributed by atoms with Crippen LogP contribution in [0.1, 0.15) is 5.56 Å². The summed E-state index contributed by atoms with van der Waals surface area (Å²) in [6.45, 7) is 0. The Balaban J connectivity index is 1.89. The van der Waals surface area contributed by atoms with Crippen molar-refractivity contribution in [3.63, 3.8) is 0 Å². The van der Waals surface area contributed by atoms with E-state index in [1.165, 1.54) is 6.21 Å². The second-order valence-corrected chi connectivity index (χ2v) is 4.67. The molecule has 0 radical (unpaired) electrons. The van der Waals surface area contributed by atoms with E-state index in [0.29, 0.717) is 16.5 Å². The van der Waals surface area contributed by atoms with Crippen molar-refractivity contribution < 1.29 is 5.11 Å². The minimum atomic E-state index is 0.162. The maximum absolute atomic E-state index is 9.65. The highest BCUT2D eigenvalue weighted by atomic mass is 35.5.